The Labute approximate surface area is 83.1 Å². The number of carbonyl (C=O) groups is 1. The highest BCUT2D eigenvalue weighted by molar-refractivity contribution is 5.73. The fraction of sp³-hybridized carbons (Fsp3) is 0.667. The predicted octanol–water partition coefficient (Wildman–Crippen LogP) is 0.690. The molecule has 1 aromatic heterocycles. The summed E-state index contributed by atoms with van der Waals surface area (Å²) in [6, 6.07) is 0. The van der Waals surface area contributed by atoms with Crippen molar-refractivity contribution in [3.8, 4) is 0 Å². The van der Waals surface area contributed by atoms with Crippen molar-refractivity contribution in [2.75, 3.05) is 13.7 Å². The minimum absolute atomic E-state index is 0.447. The monoisotopic (exact) mass is 197 g/mol. The molecule has 0 unspecified atom stereocenters. The van der Waals surface area contributed by atoms with E-state index in [4.69, 9.17) is 4.74 Å². The molecule has 5 nitrogen and oxygen atoms in total. The van der Waals surface area contributed by atoms with Crippen molar-refractivity contribution >= 4 is 6.29 Å². The minimum Gasteiger partial charge on any atom is -0.383 e. The molecule has 5 heteroatoms. The Kier molecular flexibility index (Phi) is 4.25. The third kappa shape index (κ3) is 2.38. The van der Waals surface area contributed by atoms with E-state index in [0.29, 0.717) is 18.8 Å². The fourth-order valence-corrected chi connectivity index (χ4v) is 1.29. The van der Waals surface area contributed by atoms with E-state index in [1.807, 2.05) is 0 Å². The summed E-state index contributed by atoms with van der Waals surface area (Å²) in [6.07, 6.45) is 2.55. The molecule has 0 fully saturated rings. The Hall–Kier alpha value is -1.23. The summed E-state index contributed by atoms with van der Waals surface area (Å²) in [7, 11) is 1.64. The number of carbonyl (C=O) groups excluding carboxylic acids is 1. The maximum absolute atomic E-state index is 10.6. The average molecular weight is 197 g/mol. The van der Waals surface area contributed by atoms with Crippen molar-refractivity contribution in [2.24, 2.45) is 0 Å². The van der Waals surface area contributed by atoms with Gasteiger partial charge in [0.1, 0.15) is 5.69 Å². The Morgan fingerprint density at radius 1 is 1.57 bits per heavy atom. The molecule has 0 N–H and O–H groups in total. The molecule has 78 valence electrons. The van der Waals surface area contributed by atoms with Crippen molar-refractivity contribution < 1.29 is 9.53 Å². The number of rotatable bonds is 6. The number of hydrogen-bond acceptors (Lipinski definition) is 4. The van der Waals surface area contributed by atoms with E-state index in [-0.39, 0.29) is 0 Å². The summed E-state index contributed by atoms with van der Waals surface area (Å²) < 4.78 is 6.68. The van der Waals surface area contributed by atoms with Crippen LogP contribution in [0.2, 0.25) is 0 Å². The zero-order valence-corrected chi connectivity index (χ0v) is 8.56. The molecule has 0 radical (unpaired) electrons. The summed E-state index contributed by atoms with van der Waals surface area (Å²) in [6.45, 7) is 3.29. The lowest BCUT2D eigenvalue weighted by Crippen LogP contribution is -2.10. The van der Waals surface area contributed by atoms with E-state index < -0.39 is 0 Å². The van der Waals surface area contributed by atoms with Crippen LogP contribution < -0.4 is 0 Å². The number of nitrogens with zero attached hydrogens (tertiary/aromatic N) is 3. The molecule has 0 aliphatic heterocycles. The smallest absolute Gasteiger partial charge is 0.172 e. The van der Waals surface area contributed by atoms with Crippen LogP contribution in [0.25, 0.3) is 0 Å². The first-order chi connectivity index (χ1) is 6.83. The molecule has 0 atom stereocenters. The molecular weight excluding hydrogens is 182 g/mol. The topological polar surface area (TPSA) is 57.0 Å². The van der Waals surface area contributed by atoms with Crippen LogP contribution in [0.3, 0.4) is 0 Å². The quantitative estimate of drug-likeness (QED) is 0.629. The van der Waals surface area contributed by atoms with Gasteiger partial charge in [-0.1, -0.05) is 18.6 Å². The zero-order valence-electron chi connectivity index (χ0n) is 8.56. The molecule has 0 saturated heterocycles. The first-order valence-electron chi connectivity index (χ1n) is 4.70. The third-order valence-electron chi connectivity index (χ3n) is 1.97. The van der Waals surface area contributed by atoms with Gasteiger partial charge in [0.15, 0.2) is 6.29 Å². The van der Waals surface area contributed by atoms with Crippen LogP contribution >= 0.6 is 0 Å². The van der Waals surface area contributed by atoms with E-state index in [1.54, 1.807) is 11.8 Å². The fourth-order valence-electron chi connectivity index (χ4n) is 1.29. The molecule has 14 heavy (non-hydrogen) atoms. The van der Waals surface area contributed by atoms with Gasteiger partial charge in [-0.2, -0.15) is 0 Å². The number of aldehydes is 1. The Bertz CT molecular complexity index is 296. The van der Waals surface area contributed by atoms with Crippen LogP contribution in [0.4, 0.5) is 0 Å². The van der Waals surface area contributed by atoms with Gasteiger partial charge >= 0.3 is 0 Å². The zero-order chi connectivity index (χ0) is 10.4. The molecule has 0 aliphatic rings. The first kappa shape index (κ1) is 10.8. The first-order valence-corrected chi connectivity index (χ1v) is 4.70. The van der Waals surface area contributed by atoms with Gasteiger partial charge < -0.3 is 4.74 Å². The SMILES string of the molecule is CCCc1c(C=O)nnn1CCOC. The van der Waals surface area contributed by atoms with Crippen molar-refractivity contribution in [2.45, 2.75) is 26.3 Å². The number of aromatic nitrogens is 3. The average Bonchev–Trinajstić information content (AvgIpc) is 2.58. The van der Waals surface area contributed by atoms with E-state index in [9.17, 15) is 4.79 Å². The van der Waals surface area contributed by atoms with E-state index in [1.165, 1.54) is 0 Å². The van der Waals surface area contributed by atoms with Gasteiger partial charge in [0, 0.05) is 7.11 Å². The maximum atomic E-state index is 10.6. The van der Waals surface area contributed by atoms with Gasteiger partial charge in [-0.3, -0.25) is 4.79 Å². The summed E-state index contributed by atoms with van der Waals surface area (Å²) in [5, 5.41) is 7.69. The second-order valence-corrected chi connectivity index (χ2v) is 3.01. The lowest BCUT2D eigenvalue weighted by Gasteiger charge is -2.04. The van der Waals surface area contributed by atoms with E-state index in [2.05, 4.69) is 17.2 Å². The summed E-state index contributed by atoms with van der Waals surface area (Å²) in [4.78, 5) is 10.6. The molecule has 1 aromatic rings. The molecular formula is C9H15N3O2. The third-order valence-corrected chi connectivity index (χ3v) is 1.97. The van der Waals surface area contributed by atoms with Crippen LogP contribution in [0.1, 0.15) is 29.5 Å². The molecule has 1 rings (SSSR count). The maximum Gasteiger partial charge on any atom is 0.172 e. The summed E-state index contributed by atoms with van der Waals surface area (Å²) in [5.74, 6) is 0. The Morgan fingerprint density at radius 2 is 2.36 bits per heavy atom. The molecule has 0 amide bonds. The van der Waals surface area contributed by atoms with E-state index in [0.717, 1.165) is 24.8 Å². The van der Waals surface area contributed by atoms with Crippen LogP contribution in [0, 0.1) is 0 Å². The lowest BCUT2D eigenvalue weighted by atomic mass is 10.2. The number of hydrogen-bond donors (Lipinski definition) is 0. The second-order valence-electron chi connectivity index (χ2n) is 3.01. The Balaban J connectivity index is 2.80. The number of ether oxygens (including phenoxy) is 1. The standard InChI is InChI=1S/C9H15N3O2/c1-3-4-9-8(7-13)10-11-12(9)5-6-14-2/h7H,3-6H2,1-2H3. The van der Waals surface area contributed by atoms with Crippen molar-refractivity contribution in [1.82, 2.24) is 15.0 Å². The Morgan fingerprint density at radius 3 is 2.93 bits per heavy atom. The highest BCUT2D eigenvalue weighted by atomic mass is 16.5. The highest BCUT2D eigenvalue weighted by Gasteiger charge is 2.10. The van der Waals surface area contributed by atoms with Crippen LogP contribution in [0.15, 0.2) is 0 Å². The van der Waals surface area contributed by atoms with Crippen LogP contribution in [-0.2, 0) is 17.7 Å². The molecule has 0 bridgehead atoms. The lowest BCUT2D eigenvalue weighted by molar-refractivity contribution is 0.111. The molecule has 0 aromatic carbocycles. The van der Waals surface area contributed by atoms with Crippen molar-refractivity contribution in [3.63, 3.8) is 0 Å². The van der Waals surface area contributed by atoms with Gasteiger partial charge in [-0.15, -0.1) is 5.10 Å². The highest BCUT2D eigenvalue weighted by Crippen LogP contribution is 2.06. The van der Waals surface area contributed by atoms with Crippen molar-refractivity contribution in [3.05, 3.63) is 11.4 Å². The van der Waals surface area contributed by atoms with Gasteiger partial charge in [-0.25, -0.2) is 4.68 Å². The normalized spacial score (nSPS) is 10.4. The largest absolute Gasteiger partial charge is 0.383 e. The minimum atomic E-state index is 0.447. The van der Waals surface area contributed by atoms with Crippen LogP contribution in [0.5, 0.6) is 0 Å². The van der Waals surface area contributed by atoms with Gasteiger partial charge in [0.25, 0.3) is 0 Å². The van der Waals surface area contributed by atoms with Crippen molar-refractivity contribution in [1.29, 1.82) is 0 Å². The molecule has 0 spiro atoms. The second kappa shape index (κ2) is 5.49. The van der Waals surface area contributed by atoms with E-state index >= 15 is 0 Å². The summed E-state index contributed by atoms with van der Waals surface area (Å²) >= 11 is 0. The summed E-state index contributed by atoms with van der Waals surface area (Å²) in [5.41, 5.74) is 1.35. The molecule has 0 saturated carbocycles. The molecule has 0 aliphatic carbocycles. The predicted molar refractivity (Wildman–Crippen MR) is 51.3 cm³/mol. The van der Waals surface area contributed by atoms with Crippen LogP contribution in [-0.4, -0.2) is 35.0 Å². The van der Waals surface area contributed by atoms with Gasteiger partial charge in [0.05, 0.1) is 18.8 Å². The van der Waals surface area contributed by atoms with Gasteiger partial charge in [-0.05, 0) is 6.42 Å². The number of methoxy groups -OCH3 is 1. The molecule has 1 heterocycles. The van der Waals surface area contributed by atoms with Gasteiger partial charge in [0.2, 0.25) is 0 Å².